The van der Waals surface area contributed by atoms with E-state index in [2.05, 4.69) is 24.3 Å². The second-order valence-corrected chi connectivity index (χ2v) is 7.06. The molecule has 3 rings (SSSR count). The maximum absolute atomic E-state index is 6.04. The lowest BCUT2D eigenvalue weighted by molar-refractivity contribution is 0.186. The van der Waals surface area contributed by atoms with E-state index in [1.54, 1.807) is 7.11 Å². The molecule has 0 atom stereocenters. The van der Waals surface area contributed by atoms with E-state index in [1.807, 2.05) is 0 Å². The molecule has 2 heteroatoms. The molecule has 0 spiro atoms. The zero-order chi connectivity index (χ0) is 14.7. The van der Waals surface area contributed by atoms with Gasteiger partial charge in [-0.1, -0.05) is 43.6 Å². The van der Waals surface area contributed by atoms with Gasteiger partial charge >= 0.3 is 0 Å². The van der Waals surface area contributed by atoms with Crippen LogP contribution in [0, 0.1) is 11.8 Å². The summed E-state index contributed by atoms with van der Waals surface area (Å²) in [6.07, 6.45) is 10.8. The highest BCUT2D eigenvalue weighted by Gasteiger charge is 2.30. The van der Waals surface area contributed by atoms with Crippen molar-refractivity contribution >= 4 is 7.85 Å². The SMILES string of the molecule is [B]C1CCC(C2CCC(c3ccc(OC)cc3)CC2)CC1. The van der Waals surface area contributed by atoms with E-state index < -0.39 is 0 Å². The molecule has 2 fully saturated rings. The van der Waals surface area contributed by atoms with Crippen LogP contribution in [-0.2, 0) is 0 Å². The molecule has 112 valence electrons. The van der Waals surface area contributed by atoms with Gasteiger partial charge in [-0.05, 0) is 61.1 Å². The van der Waals surface area contributed by atoms with E-state index in [9.17, 15) is 0 Å². The standard InChI is InChI=1S/C19H27BO/c1-21-19-12-8-17(9-13-19)15-4-2-14(3-5-15)16-6-10-18(20)11-7-16/h8-9,12-16,18H,2-7,10-11H2,1H3. The van der Waals surface area contributed by atoms with Crippen molar-refractivity contribution in [1.29, 1.82) is 0 Å². The molecular weight excluding hydrogens is 255 g/mol. The van der Waals surface area contributed by atoms with Crippen LogP contribution < -0.4 is 4.74 Å². The van der Waals surface area contributed by atoms with Gasteiger partial charge in [-0.25, -0.2) is 0 Å². The van der Waals surface area contributed by atoms with Crippen LogP contribution in [0.5, 0.6) is 5.75 Å². The Bertz CT molecular complexity index is 425. The molecule has 1 aromatic carbocycles. The fourth-order valence-electron chi connectivity index (χ4n) is 4.42. The van der Waals surface area contributed by atoms with E-state index >= 15 is 0 Å². The Hall–Kier alpha value is -0.915. The summed E-state index contributed by atoms with van der Waals surface area (Å²) in [5, 5.41) is 0. The van der Waals surface area contributed by atoms with E-state index in [4.69, 9.17) is 12.6 Å². The van der Waals surface area contributed by atoms with Crippen LogP contribution in [0.4, 0.5) is 0 Å². The molecule has 0 bridgehead atoms. The Kier molecular flexibility index (Phi) is 4.93. The summed E-state index contributed by atoms with van der Waals surface area (Å²) in [5.74, 6) is 4.13. The molecule has 0 aromatic heterocycles. The number of rotatable bonds is 3. The zero-order valence-corrected chi connectivity index (χ0v) is 13.3. The van der Waals surface area contributed by atoms with Crippen LogP contribution in [0.25, 0.3) is 0 Å². The fraction of sp³-hybridized carbons (Fsp3) is 0.684. The molecular formula is C19H27BO. The molecule has 0 aliphatic heterocycles. The molecule has 0 N–H and O–H groups in total. The molecule has 1 aromatic rings. The predicted molar refractivity (Wildman–Crippen MR) is 89.2 cm³/mol. The number of ether oxygens (including phenoxy) is 1. The highest BCUT2D eigenvalue weighted by Crippen LogP contribution is 2.44. The van der Waals surface area contributed by atoms with Gasteiger partial charge in [-0.2, -0.15) is 0 Å². The van der Waals surface area contributed by atoms with Crippen molar-refractivity contribution in [2.24, 2.45) is 11.8 Å². The summed E-state index contributed by atoms with van der Waals surface area (Å²) in [4.78, 5) is 0. The van der Waals surface area contributed by atoms with Gasteiger partial charge in [0.1, 0.15) is 5.75 Å². The van der Waals surface area contributed by atoms with E-state index in [0.29, 0.717) is 5.82 Å². The van der Waals surface area contributed by atoms with Crippen LogP contribution in [0.15, 0.2) is 24.3 Å². The summed E-state index contributed by atoms with van der Waals surface area (Å²) in [6, 6.07) is 8.71. The predicted octanol–water partition coefficient (Wildman–Crippen LogP) is 5.12. The van der Waals surface area contributed by atoms with Crippen LogP contribution in [0.1, 0.15) is 62.8 Å². The minimum atomic E-state index is 0.483. The molecule has 2 saturated carbocycles. The maximum atomic E-state index is 6.04. The number of hydrogen-bond acceptors (Lipinski definition) is 1. The Morgan fingerprint density at radius 2 is 1.33 bits per heavy atom. The topological polar surface area (TPSA) is 9.23 Å². The first-order chi connectivity index (χ1) is 10.3. The molecule has 0 unspecified atom stereocenters. The average molecular weight is 282 g/mol. The first kappa shape index (κ1) is 15.0. The van der Waals surface area contributed by atoms with Crippen LogP contribution in [-0.4, -0.2) is 15.0 Å². The normalized spacial score (nSPS) is 33.6. The van der Waals surface area contributed by atoms with E-state index in [-0.39, 0.29) is 0 Å². The van der Waals surface area contributed by atoms with E-state index in [1.165, 1.54) is 56.9 Å². The Morgan fingerprint density at radius 1 is 0.810 bits per heavy atom. The maximum Gasteiger partial charge on any atom is 0.118 e. The van der Waals surface area contributed by atoms with Gasteiger partial charge in [0.05, 0.1) is 15.0 Å². The number of benzene rings is 1. The largest absolute Gasteiger partial charge is 0.497 e. The van der Waals surface area contributed by atoms with Crippen LogP contribution in [0.3, 0.4) is 0 Å². The quantitative estimate of drug-likeness (QED) is 0.699. The third kappa shape index (κ3) is 3.65. The van der Waals surface area contributed by atoms with Gasteiger partial charge in [-0.15, -0.1) is 0 Å². The first-order valence-electron chi connectivity index (χ1n) is 8.66. The molecule has 1 nitrogen and oxygen atoms in total. The summed E-state index contributed by atoms with van der Waals surface area (Å²) in [5.41, 5.74) is 1.50. The Morgan fingerprint density at radius 3 is 1.86 bits per heavy atom. The molecule has 2 aliphatic carbocycles. The lowest BCUT2D eigenvalue weighted by atomic mass is 9.65. The summed E-state index contributed by atoms with van der Waals surface area (Å²) in [7, 11) is 7.77. The fourth-order valence-corrected chi connectivity index (χ4v) is 4.42. The number of hydrogen-bond donors (Lipinski definition) is 0. The number of methoxy groups -OCH3 is 1. The third-order valence-corrected chi connectivity index (χ3v) is 5.84. The first-order valence-corrected chi connectivity index (χ1v) is 8.66. The van der Waals surface area contributed by atoms with Crippen molar-refractivity contribution in [2.75, 3.05) is 7.11 Å². The van der Waals surface area contributed by atoms with Crippen molar-refractivity contribution in [2.45, 2.75) is 63.1 Å². The van der Waals surface area contributed by atoms with Crippen molar-refractivity contribution in [3.8, 4) is 5.75 Å². The summed E-state index contributed by atoms with van der Waals surface area (Å²) >= 11 is 0. The molecule has 0 amide bonds. The van der Waals surface area contributed by atoms with E-state index in [0.717, 1.165) is 23.5 Å². The van der Waals surface area contributed by atoms with Gasteiger partial charge in [0, 0.05) is 0 Å². The molecule has 0 heterocycles. The Balaban J connectivity index is 1.52. The second-order valence-electron chi connectivity index (χ2n) is 7.06. The lowest BCUT2D eigenvalue weighted by Gasteiger charge is -2.37. The average Bonchev–Trinajstić information content (AvgIpc) is 2.56. The van der Waals surface area contributed by atoms with Gasteiger partial charge < -0.3 is 4.74 Å². The highest BCUT2D eigenvalue weighted by atomic mass is 16.5. The van der Waals surface area contributed by atoms with Gasteiger partial charge in [0.2, 0.25) is 0 Å². The zero-order valence-electron chi connectivity index (χ0n) is 13.3. The van der Waals surface area contributed by atoms with Gasteiger partial charge in [0.25, 0.3) is 0 Å². The lowest BCUT2D eigenvalue weighted by Crippen LogP contribution is -2.24. The molecule has 0 saturated heterocycles. The van der Waals surface area contributed by atoms with Crippen molar-refractivity contribution in [3.63, 3.8) is 0 Å². The smallest absolute Gasteiger partial charge is 0.118 e. The molecule has 21 heavy (non-hydrogen) atoms. The van der Waals surface area contributed by atoms with Gasteiger partial charge in [0.15, 0.2) is 0 Å². The summed E-state index contributed by atoms with van der Waals surface area (Å²) < 4.78 is 5.25. The van der Waals surface area contributed by atoms with Gasteiger partial charge in [-0.3, -0.25) is 0 Å². The second kappa shape index (κ2) is 6.90. The minimum Gasteiger partial charge on any atom is -0.497 e. The molecule has 2 aliphatic rings. The van der Waals surface area contributed by atoms with Crippen molar-refractivity contribution in [3.05, 3.63) is 29.8 Å². The highest BCUT2D eigenvalue weighted by molar-refractivity contribution is 6.11. The Labute approximate surface area is 130 Å². The molecule has 2 radical (unpaired) electrons. The van der Waals surface area contributed by atoms with Crippen LogP contribution >= 0.6 is 0 Å². The van der Waals surface area contributed by atoms with Crippen molar-refractivity contribution in [1.82, 2.24) is 0 Å². The minimum absolute atomic E-state index is 0.483. The summed E-state index contributed by atoms with van der Waals surface area (Å²) in [6.45, 7) is 0. The monoisotopic (exact) mass is 282 g/mol. The third-order valence-electron chi connectivity index (χ3n) is 5.84. The van der Waals surface area contributed by atoms with Crippen molar-refractivity contribution < 1.29 is 4.74 Å². The van der Waals surface area contributed by atoms with Crippen LogP contribution in [0.2, 0.25) is 5.82 Å².